The second-order valence-corrected chi connectivity index (χ2v) is 6.13. The molecule has 2 rings (SSSR count). The first-order valence-corrected chi connectivity index (χ1v) is 8.03. The Morgan fingerprint density at radius 3 is 2.16 bits per heavy atom. The zero-order valence-electron chi connectivity index (χ0n) is 15.0. The fourth-order valence-corrected chi connectivity index (χ4v) is 2.45. The Bertz CT molecular complexity index is 720. The molecule has 132 valence electrons. The number of ether oxygens (including phenoxy) is 2. The zero-order chi connectivity index (χ0) is 18.4. The largest absolute Gasteiger partial charge is 0.482 e. The van der Waals surface area contributed by atoms with E-state index < -0.39 is 12.1 Å². The number of rotatable bonds is 6. The molecule has 0 radical (unpaired) electrons. The molecule has 0 aromatic heterocycles. The van der Waals surface area contributed by atoms with Crippen molar-refractivity contribution in [1.29, 1.82) is 0 Å². The fourth-order valence-electron chi connectivity index (χ4n) is 2.45. The van der Waals surface area contributed by atoms with E-state index in [1.165, 1.54) is 4.90 Å². The number of amides is 1. The van der Waals surface area contributed by atoms with E-state index in [-0.39, 0.29) is 12.5 Å². The average molecular weight is 341 g/mol. The van der Waals surface area contributed by atoms with Gasteiger partial charge in [-0.3, -0.25) is 4.79 Å². The Balaban J connectivity index is 2.05. The molecule has 0 heterocycles. The molecule has 0 unspecified atom stereocenters. The third kappa shape index (κ3) is 5.35. The summed E-state index contributed by atoms with van der Waals surface area (Å²) < 4.78 is 10.9. The highest BCUT2D eigenvalue weighted by atomic mass is 16.6. The summed E-state index contributed by atoms with van der Waals surface area (Å²) in [6.45, 7) is 3.66. The molecule has 0 saturated carbocycles. The topological polar surface area (TPSA) is 55.8 Å². The molecular formula is C20H23NO4. The highest BCUT2D eigenvalue weighted by Crippen LogP contribution is 2.20. The number of aryl methyl sites for hydroxylation is 2. The molecule has 5 nitrogen and oxygen atoms in total. The van der Waals surface area contributed by atoms with Crippen LogP contribution >= 0.6 is 0 Å². The lowest BCUT2D eigenvalue weighted by Crippen LogP contribution is -2.32. The van der Waals surface area contributed by atoms with Gasteiger partial charge >= 0.3 is 5.97 Å². The molecule has 0 N–H and O–H groups in total. The van der Waals surface area contributed by atoms with Crippen LogP contribution in [0.1, 0.15) is 22.8 Å². The minimum atomic E-state index is -0.980. The van der Waals surface area contributed by atoms with Crippen LogP contribution in [0.25, 0.3) is 0 Å². The number of benzene rings is 2. The van der Waals surface area contributed by atoms with E-state index in [1.807, 2.05) is 38.1 Å². The Labute approximate surface area is 148 Å². The van der Waals surface area contributed by atoms with Crippen molar-refractivity contribution < 1.29 is 19.1 Å². The van der Waals surface area contributed by atoms with Crippen molar-refractivity contribution >= 4 is 11.9 Å². The zero-order valence-corrected chi connectivity index (χ0v) is 15.0. The van der Waals surface area contributed by atoms with E-state index in [2.05, 4.69) is 0 Å². The lowest BCUT2D eigenvalue weighted by molar-refractivity contribution is -0.161. The standard InChI is InChI=1S/C20H23NO4/c1-14-10-15(2)12-17(11-14)24-13-18(22)25-19(20(23)21(3)4)16-8-6-5-7-9-16/h5-12,19H,13H2,1-4H3/t19-/m1/s1. The van der Waals surface area contributed by atoms with E-state index in [1.54, 1.807) is 38.4 Å². The van der Waals surface area contributed by atoms with Gasteiger partial charge in [0.15, 0.2) is 6.61 Å². The minimum absolute atomic E-state index is 0.257. The van der Waals surface area contributed by atoms with Gasteiger partial charge in [-0.1, -0.05) is 36.4 Å². The summed E-state index contributed by atoms with van der Waals surface area (Å²) in [4.78, 5) is 25.9. The quantitative estimate of drug-likeness (QED) is 0.758. The maximum Gasteiger partial charge on any atom is 0.345 e. The summed E-state index contributed by atoms with van der Waals surface area (Å²) in [5.41, 5.74) is 2.72. The van der Waals surface area contributed by atoms with E-state index >= 15 is 0 Å². The van der Waals surface area contributed by atoms with E-state index in [0.29, 0.717) is 11.3 Å². The van der Waals surface area contributed by atoms with E-state index in [9.17, 15) is 9.59 Å². The van der Waals surface area contributed by atoms with Crippen molar-refractivity contribution in [3.63, 3.8) is 0 Å². The van der Waals surface area contributed by atoms with Gasteiger partial charge in [0.2, 0.25) is 6.10 Å². The number of carbonyl (C=O) groups excluding carboxylic acids is 2. The van der Waals surface area contributed by atoms with Crippen LogP contribution in [-0.4, -0.2) is 37.5 Å². The number of hydrogen-bond donors (Lipinski definition) is 0. The molecule has 2 aromatic carbocycles. The second-order valence-electron chi connectivity index (χ2n) is 6.13. The molecule has 0 saturated heterocycles. The van der Waals surface area contributed by atoms with Crippen LogP contribution in [0, 0.1) is 13.8 Å². The van der Waals surface area contributed by atoms with Gasteiger partial charge in [-0.25, -0.2) is 4.79 Å². The van der Waals surface area contributed by atoms with Crippen molar-refractivity contribution in [3.05, 3.63) is 65.2 Å². The van der Waals surface area contributed by atoms with Crippen molar-refractivity contribution in [3.8, 4) is 5.75 Å². The highest BCUT2D eigenvalue weighted by Gasteiger charge is 2.26. The number of nitrogens with zero attached hydrogens (tertiary/aromatic N) is 1. The van der Waals surface area contributed by atoms with E-state index in [4.69, 9.17) is 9.47 Å². The Kier molecular flexibility index (Phi) is 6.17. The van der Waals surface area contributed by atoms with Gasteiger partial charge in [0.25, 0.3) is 5.91 Å². The molecule has 1 amide bonds. The van der Waals surface area contributed by atoms with Crippen LogP contribution in [0.3, 0.4) is 0 Å². The third-order valence-electron chi connectivity index (χ3n) is 3.57. The third-order valence-corrected chi connectivity index (χ3v) is 3.57. The monoisotopic (exact) mass is 341 g/mol. The van der Waals surface area contributed by atoms with Gasteiger partial charge in [-0.15, -0.1) is 0 Å². The second kappa shape index (κ2) is 8.33. The first-order chi connectivity index (χ1) is 11.9. The summed E-state index contributed by atoms with van der Waals surface area (Å²) in [5.74, 6) is -0.293. The molecule has 0 aliphatic heterocycles. The first-order valence-electron chi connectivity index (χ1n) is 8.03. The summed E-state index contributed by atoms with van der Waals surface area (Å²) >= 11 is 0. The Morgan fingerprint density at radius 1 is 1.00 bits per heavy atom. The van der Waals surface area contributed by atoms with Gasteiger partial charge in [0.05, 0.1) is 0 Å². The number of likely N-dealkylation sites (N-methyl/N-ethyl adjacent to an activating group) is 1. The van der Waals surface area contributed by atoms with E-state index in [0.717, 1.165) is 11.1 Å². The summed E-state index contributed by atoms with van der Waals surface area (Å²) in [6.07, 6.45) is -0.980. The average Bonchev–Trinajstić information content (AvgIpc) is 2.57. The van der Waals surface area contributed by atoms with Gasteiger partial charge in [0.1, 0.15) is 5.75 Å². The van der Waals surface area contributed by atoms with Crippen molar-refractivity contribution in [1.82, 2.24) is 4.90 Å². The van der Waals surface area contributed by atoms with Crippen LogP contribution in [0.2, 0.25) is 0 Å². The maximum atomic E-state index is 12.4. The highest BCUT2D eigenvalue weighted by molar-refractivity contribution is 5.85. The molecule has 0 fully saturated rings. The number of hydrogen-bond acceptors (Lipinski definition) is 4. The summed E-state index contributed by atoms with van der Waals surface area (Å²) in [7, 11) is 3.25. The summed E-state index contributed by atoms with van der Waals surface area (Å²) in [6, 6.07) is 14.7. The molecule has 5 heteroatoms. The van der Waals surface area contributed by atoms with Crippen molar-refractivity contribution in [2.45, 2.75) is 20.0 Å². The van der Waals surface area contributed by atoms with Gasteiger partial charge in [0, 0.05) is 19.7 Å². The van der Waals surface area contributed by atoms with Crippen molar-refractivity contribution in [2.24, 2.45) is 0 Å². The molecule has 0 spiro atoms. The van der Waals surface area contributed by atoms with Crippen molar-refractivity contribution in [2.75, 3.05) is 20.7 Å². The van der Waals surface area contributed by atoms with Gasteiger partial charge < -0.3 is 14.4 Å². The smallest absolute Gasteiger partial charge is 0.345 e. The molecular weight excluding hydrogens is 318 g/mol. The predicted octanol–water partition coefficient (Wildman–Crippen LogP) is 3.05. The Hall–Kier alpha value is -2.82. The summed E-state index contributed by atoms with van der Waals surface area (Å²) in [5, 5.41) is 0. The lowest BCUT2D eigenvalue weighted by atomic mass is 10.1. The minimum Gasteiger partial charge on any atom is -0.482 e. The molecule has 2 aromatic rings. The van der Waals surface area contributed by atoms with Gasteiger partial charge in [-0.2, -0.15) is 0 Å². The fraction of sp³-hybridized carbons (Fsp3) is 0.300. The SMILES string of the molecule is Cc1cc(C)cc(OCC(=O)O[C@@H](C(=O)N(C)C)c2ccccc2)c1. The maximum absolute atomic E-state index is 12.4. The molecule has 0 aliphatic carbocycles. The van der Waals surface area contributed by atoms with Crippen LogP contribution in [0.5, 0.6) is 5.75 Å². The number of carbonyl (C=O) groups is 2. The lowest BCUT2D eigenvalue weighted by Gasteiger charge is -2.21. The molecule has 1 atom stereocenters. The predicted molar refractivity (Wildman–Crippen MR) is 95.4 cm³/mol. The van der Waals surface area contributed by atoms with Crippen LogP contribution in [0.15, 0.2) is 48.5 Å². The van der Waals surface area contributed by atoms with Crippen LogP contribution in [-0.2, 0) is 14.3 Å². The normalized spacial score (nSPS) is 11.5. The molecule has 0 aliphatic rings. The molecule has 0 bridgehead atoms. The number of esters is 1. The first kappa shape index (κ1) is 18.5. The van der Waals surface area contributed by atoms with Gasteiger partial charge in [-0.05, 0) is 37.1 Å². The van der Waals surface area contributed by atoms with Crippen LogP contribution < -0.4 is 4.74 Å². The van der Waals surface area contributed by atoms with Crippen LogP contribution in [0.4, 0.5) is 0 Å². The Morgan fingerprint density at radius 2 is 1.60 bits per heavy atom. The molecule has 25 heavy (non-hydrogen) atoms.